The van der Waals surface area contributed by atoms with E-state index in [1.54, 1.807) is 13.0 Å². The molecule has 0 aliphatic carbocycles. The molecule has 0 aliphatic rings. The Kier molecular flexibility index (Phi) is 6.91. The summed E-state index contributed by atoms with van der Waals surface area (Å²) in [4.78, 5) is 36.5. The second-order valence-electron chi connectivity index (χ2n) is 7.00. The van der Waals surface area contributed by atoms with Gasteiger partial charge in [0.2, 0.25) is 5.91 Å². The number of aryl methyl sites for hydroxylation is 2. The number of thiophene rings is 1. The van der Waals surface area contributed by atoms with Crippen molar-refractivity contribution in [1.82, 2.24) is 0 Å². The molecule has 7 nitrogen and oxygen atoms in total. The maximum Gasteiger partial charge on any atom is 0.341 e. The fourth-order valence-electron chi connectivity index (χ4n) is 3.04. The van der Waals surface area contributed by atoms with Crippen LogP contribution >= 0.6 is 11.3 Å². The number of anilines is 2. The van der Waals surface area contributed by atoms with Crippen LogP contribution in [0.3, 0.4) is 0 Å². The molecule has 8 heteroatoms. The van der Waals surface area contributed by atoms with E-state index in [1.807, 2.05) is 44.2 Å². The van der Waals surface area contributed by atoms with E-state index in [9.17, 15) is 14.4 Å². The second-order valence-corrected chi connectivity index (χ2v) is 8.02. The van der Waals surface area contributed by atoms with Crippen LogP contribution in [0.15, 0.2) is 36.4 Å². The van der Waals surface area contributed by atoms with E-state index in [2.05, 4.69) is 10.6 Å². The van der Waals surface area contributed by atoms with Gasteiger partial charge in [-0.3, -0.25) is 9.59 Å². The lowest BCUT2D eigenvalue weighted by Crippen LogP contribution is -2.20. The Bertz CT molecular complexity index is 1140. The Morgan fingerprint density at radius 1 is 1.00 bits per heavy atom. The van der Waals surface area contributed by atoms with Crippen LogP contribution in [0, 0.1) is 13.8 Å². The maximum absolute atomic E-state index is 12.5. The molecule has 1 heterocycles. The zero-order valence-electron chi connectivity index (χ0n) is 17.8. The van der Waals surface area contributed by atoms with Crippen LogP contribution < -0.4 is 15.4 Å². The predicted octanol–water partition coefficient (Wildman–Crippen LogP) is 4.67. The molecule has 2 N–H and O–H groups in total. The standard InChI is InChI=1S/C23H24N2O5S/c1-5-29-23(28)19-17-11-8-14(3)20(21(17)31-22(19)24-15(4)26)30-12-18(27)25-16-9-6-13(2)7-10-16/h6-11H,5,12H2,1-4H3,(H,24,26)(H,25,27). The van der Waals surface area contributed by atoms with Gasteiger partial charge in [-0.05, 0) is 38.5 Å². The quantitative estimate of drug-likeness (QED) is 0.521. The molecule has 0 saturated carbocycles. The molecule has 0 atom stereocenters. The highest BCUT2D eigenvalue weighted by molar-refractivity contribution is 7.24. The van der Waals surface area contributed by atoms with Gasteiger partial charge in [-0.15, -0.1) is 11.3 Å². The summed E-state index contributed by atoms with van der Waals surface area (Å²) >= 11 is 1.21. The Labute approximate surface area is 184 Å². The SMILES string of the molecule is CCOC(=O)c1c(NC(C)=O)sc2c(OCC(=O)Nc3ccc(C)cc3)c(C)ccc12. The number of fused-ring (bicyclic) bond motifs is 1. The third-order valence-corrected chi connectivity index (χ3v) is 5.58. The monoisotopic (exact) mass is 440 g/mol. The number of ether oxygens (including phenoxy) is 2. The van der Waals surface area contributed by atoms with Gasteiger partial charge in [-0.1, -0.05) is 29.8 Å². The summed E-state index contributed by atoms with van der Waals surface area (Å²) in [6.45, 7) is 6.93. The summed E-state index contributed by atoms with van der Waals surface area (Å²) in [6.07, 6.45) is 0. The topological polar surface area (TPSA) is 93.7 Å². The molecule has 0 spiro atoms. The Morgan fingerprint density at radius 2 is 1.71 bits per heavy atom. The molecule has 1 aromatic heterocycles. The molecule has 0 aliphatic heterocycles. The van der Waals surface area contributed by atoms with Gasteiger partial charge in [0.1, 0.15) is 16.3 Å². The lowest BCUT2D eigenvalue weighted by molar-refractivity contribution is -0.118. The van der Waals surface area contributed by atoms with Crippen molar-refractivity contribution in [3.05, 3.63) is 53.1 Å². The first-order valence-corrected chi connectivity index (χ1v) is 10.6. The molecule has 3 aromatic rings. The number of carbonyl (C=O) groups excluding carboxylic acids is 3. The molecule has 2 amide bonds. The van der Waals surface area contributed by atoms with Crippen molar-refractivity contribution < 1.29 is 23.9 Å². The number of esters is 1. The first-order valence-electron chi connectivity index (χ1n) is 9.80. The second kappa shape index (κ2) is 9.61. The fourth-order valence-corrected chi connectivity index (χ4v) is 4.33. The fraction of sp³-hybridized carbons (Fsp3) is 0.261. The Morgan fingerprint density at radius 3 is 2.35 bits per heavy atom. The molecule has 3 rings (SSSR count). The molecule has 0 unspecified atom stereocenters. The summed E-state index contributed by atoms with van der Waals surface area (Å²) in [5.41, 5.74) is 2.87. The van der Waals surface area contributed by atoms with Crippen LogP contribution in [0.5, 0.6) is 5.75 Å². The molecule has 2 aromatic carbocycles. The van der Waals surface area contributed by atoms with E-state index >= 15 is 0 Å². The Balaban J connectivity index is 1.89. The van der Waals surface area contributed by atoms with E-state index in [0.29, 0.717) is 26.5 Å². The third-order valence-electron chi connectivity index (χ3n) is 4.46. The first kappa shape index (κ1) is 22.3. The van der Waals surface area contributed by atoms with Crippen LogP contribution in [0.25, 0.3) is 10.1 Å². The normalized spacial score (nSPS) is 10.6. The van der Waals surface area contributed by atoms with Gasteiger partial charge in [0, 0.05) is 18.0 Å². The zero-order chi connectivity index (χ0) is 22.5. The third kappa shape index (κ3) is 5.21. The van der Waals surface area contributed by atoms with Crippen LogP contribution in [0.2, 0.25) is 0 Å². The smallest absolute Gasteiger partial charge is 0.341 e. The number of amides is 2. The lowest BCUT2D eigenvalue weighted by atomic mass is 10.1. The average Bonchev–Trinajstić information content (AvgIpc) is 3.06. The highest BCUT2D eigenvalue weighted by atomic mass is 32.1. The minimum absolute atomic E-state index is 0.198. The summed E-state index contributed by atoms with van der Waals surface area (Å²) in [6, 6.07) is 11.1. The molecular formula is C23H24N2O5S. The van der Waals surface area contributed by atoms with E-state index in [-0.39, 0.29) is 30.6 Å². The van der Waals surface area contributed by atoms with Crippen molar-refractivity contribution in [2.75, 3.05) is 23.8 Å². The van der Waals surface area contributed by atoms with Gasteiger partial charge in [0.15, 0.2) is 6.61 Å². The van der Waals surface area contributed by atoms with Crippen molar-refractivity contribution in [3.63, 3.8) is 0 Å². The van der Waals surface area contributed by atoms with Crippen molar-refractivity contribution in [2.45, 2.75) is 27.7 Å². The van der Waals surface area contributed by atoms with Gasteiger partial charge >= 0.3 is 5.97 Å². The number of carbonyl (C=O) groups is 3. The Hall–Kier alpha value is -3.39. The van der Waals surface area contributed by atoms with E-state index in [4.69, 9.17) is 9.47 Å². The summed E-state index contributed by atoms with van der Waals surface area (Å²) in [5, 5.41) is 6.48. The van der Waals surface area contributed by atoms with Gasteiger partial charge in [-0.2, -0.15) is 0 Å². The lowest BCUT2D eigenvalue weighted by Gasteiger charge is -2.11. The predicted molar refractivity (Wildman–Crippen MR) is 122 cm³/mol. The largest absolute Gasteiger partial charge is 0.482 e. The van der Waals surface area contributed by atoms with Gasteiger partial charge in [0.25, 0.3) is 5.91 Å². The van der Waals surface area contributed by atoms with Crippen molar-refractivity contribution in [2.24, 2.45) is 0 Å². The minimum Gasteiger partial charge on any atom is -0.482 e. The highest BCUT2D eigenvalue weighted by Crippen LogP contribution is 2.42. The molecule has 31 heavy (non-hydrogen) atoms. The molecule has 0 bridgehead atoms. The van der Waals surface area contributed by atoms with Crippen molar-refractivity contribution in [1.29, 1.82) is 0 Å². The van der Waals surface area contributed by atoms with Crippen molar-refractivity contribution in [3.8, 4) is 5.75 Å². The minimum atomic E-state index is -0.524. The molecule has 162 valence electrons. The van der Waals surface area contributed by atoms with Gasteiger partial charge in [0.05, 0.1) is 11.3 Å². The van der Waals surface area contributed by atoms with E-state index in [1.165, 1.54) is 18.3 Å². The number of rotatable bonds is 7. The number of benzene rings is 2. The summed E-state index contributed by atoms with van der Waals surface area (Å²) in [5.74, 6) is -0.633. The molecule has 0 fully saturated rings. The summed E-state index contributed by atoms with van der Waals surface area (Å²) in [7, 11) is 0. The number of hydrogen-bond acceptors (Lipinski definition) is 6. The van der Waals surface area contributed by atoms with Gasteiger partial charge in [-0.25, -0.2) is 4.79 Å². The number of hydrogen-bond donors (Lipinski definition) is 2. The number of nitrogens with one attached hydrogen (secondary N) is 2. The van der Waals surface area contributed by atoms with Crippen LogP contribution in [-0.4, -0.2) is 31.0 Å². The van der Waals surface area contributed by atoms with Crippen LogP contribution in [0.4, 0.5) is 10.7 Å². The van der Waals surface area contributed by atoms with E-state index < -0.39 is 5.97 Å². The van der Waals surface area contributed by atoms with Crippen molar-refractivity contribution >= 4 is 49.9 Å². The molecule has 0 radical (unpaired) electrons. The first-order chi connectivity index (χ1) is 14.8. The zero-order valence-corrected chi connectivity index (χ0v) is 18.6. The molecule has 0 saturated heterocycles. The van der Waals surface area contributed by atoms with Crippen LogP contribution in [0.1, 0.15) is 35.3 Å². The maximum atomic E-state index is 12.5. The van der Waals surface area contributed by atoms with Gasteiger partial charge < -0.3 is 20.1 Å². The highest BCUT2D eigenvalue weighted by Gasteiger charge is 2.24. The summed E-state index contributed by atoms with van der Waals surface area (Å²) < 4.78 is 11.7. The van der Waals surface area contributed by atoms with Crippen LogP contribution in [-0.2, 0) is 14.3 Å². The average molecular weight is 441 g/mol. The molecular weight excluding hydrogens is 416 g/mol. The van der Waals surface area contributed by atoms with E-state index in [0.717, 1.165) is 11.1 Å².